The van der Waals surface area contributed by atoms with Crippen LogP contribution < -0.4 is 10.1 Å². The van der Waals surface area contributed by atoms with E-state index >= 15 is 0 Å². The molecule has 2 unspecified atom stereocenters. The van der Waals surface area contributed by atoms with Gasteiger partial charge in [0.1, 0.15) is 17.9 Å². The van der Waals surface area contributed by atoms with Gasteiger partial charge in [0.25, 0.3) is 0 Å². The minimum atomic E-state index is -1.18. The van der Waals surface area contributed by atoms with Crippen LogP contribution in [-0.4, -0.2) is 29.3 Å². The number of carbonyl (C=O) groups excluding carboxylic acids is 1. The highest BCUT2D eigenvalue weighted by Gasteiger charge is 2.28. The Labute approximate surface area is 185 Å². The summed E-state index contributed by atoms with van der Waals surface area (Å²) in [6.45, 7) is 0.128. The Balaban J connectivity index is 1.52. The van der Waals surface area contributed by atoms with Crippen molar-refractivity contribution in [2.45, 2.75) is 25.2 Å². The highest BCUT2D eigenvalue weighted by atomic mass is 16.5. The molecule has 3 aromatic carbocycles. The van der Waals surface area contributed by atoms with E-state index in [1.165, 1.54) is 0 Å². The maximum atomic E-state index is 12.5. The molecule has 0 aliphatic carbocycles. The van der Waals surface area contributed by atoms with Crippen molar-refractivity contribution in [3.8, 4) is 5.75 Å². The van der Waals surface area contributed by atoms with Crippen LogP contribution in [-0.2, 0) is 17.8 Å². The number of nitrogens with zero attached hydrogens (tertiary/aromatic N) is 1. The number of rotatable bonds is 8. The zero-order valence-corrected chi connectivity index (χ0v) is 17.6. The highest BCUT2D eigenvalue weighted by molar-refractivity contribution is 5.74. The number of benzene rings is 3. The molecule has 164 valence electrons. The molecular weight excluding hydrogens is 408 g/mol. The minimum Gasteiger partial charge on any atom is -0.497 e. The molecule has 2 N–H and O–H groups in total. The lowest BCUT2D eigenvalue weighted by molar-refractivity contribution is 0.0862. The van der Waals surface area contributed by atoms with E-state index in [9.17, 15) is 9.90 Å². The second-order valence-electron chi connectivity index (χ2n) is 7.33. The van der Waals surface area contributed by atoms with E-state index in [2.05, 4.69) is 10.3 Å². The molecule has 0 radical (unpaired) electrons. The molecule has 0 aliphatic heterocycles. The van der Waals surface area contributed by atoms with Crippen LogP contribution in [0, 0.1) is 0 Å². The second kappa shape index (κ2) is 9.98. The lowest BCUT2D eigenvalue weighted by atomic mass is 10.0. The van der Waals surface area contributed by atoms with Crippen LogP contribution in [0.5, 0.6) is 5.75 Å². The molecule has 2 atom stereocenters. The smallest absolute Gasteiger partial charge is 0.407 e. The average Bonchev–Trinajstić information content (AvgIpc) is 3.26. The number of alkyl carbamates (subject to hydrolysis) is 1. The van der Waals surface area contributed by atoms with Crippen LogP contribution in [0.2, 0.25) is 0 Å². The van der Waals surface area contributed by atoms with Gasteiger partial charge in [-0.3, -0.25) is 0 Å². The Morgan fingerprint density at radius 1 is 1.03 bits per heavy atom. The lowest BCUT2D eigenvalue weighted by Crippen LogP contribution is -2.41. The van der Waals surface area contributed by atoms with E-state index in [0.29, 0.717) is 23.3 Å². The predicted octanol–water partition coefficient (Wildman–Crippen LogP) is 4.41. The van der Waals surface area contributed by atoms with Gasteiger partial charge in [-0.15, -0.1) is 0 Å². The Kier molecular flexibility index (Phi) is 6.67. The first-order valence-corrected chi connectivity index (χ1v) is 10.3. The molecule has 0 saturated carbocycles. The number of methoxy groups -OCH3 is 1. The van der Waals surface area contributed by atoms with Gasteiger partial charge in [0.15, 0.2) is 11.7 Å². The molecule has 32 heavy (non-hydrogen) atoms. The molecule has 0 saturated heterocycles. The molecule has 7 nitrogen and oxygen atoms in total. The van der Waals surface area contributed by atoms with Crippen molar-refractivity contribution in [3.63, 3.8) is 0 Å². The number of hydrogen-bond donors (Lipinski definition) is 2. The van der Waals surface area contributed by atoms with Crippen LogP contribution in [0.3, 0.4) is 0 Å². The van der Waals surface area contributed by atoms with Crippen LogP contribution in [0.1, 0.15) is 23.1 Å². The number of amides is 1. The molecule has 1 heterocycles. The van der Waals surface area contributed by atoms with Gasteiger partial charge in [-0.25, -0.2) is 9.78 Å². The number of oxazole rings is 1. The number of aliphatic hydroxyl groups is 1. The summed E-state index contributed by atoms with van der Waals surface area (Å²) in [5.41, 5.74) is 2.89. The van der Waals surface area contributed by atoms with E-state index in [-0.39, 0.29) is 12.5 Å². The van der Waals surface area contributed by atoms with Crippen LogP contribution in [0.15, 0.2) is 83.3 Å². The monoisotopic (exact) mass is 432 g/mol. The summed E-state index contributed by atoms with van der Waals surface area (Å²) < 4.78 is 16.3. The number of aromatic nitrogens is 1. The fourth-order valence-electron chi connectivity index (χ4n) is 3.38. The number of aliphatic hydroxyl groups excluding tert-OH is 1. The number of carbonyl (C=O) groups is 1. The summed E-state index contributed by atoms with van der Waals surface area (Å²) in [6, 6.07) is 23.4. The van der Waals surface area contributed by atoms with Gasteiger partial charge in [-0.05, 0) is 29.7 Å². The standard InChI is InChI=1S/C25H24N2O5/c1-30-19-12-13-22-20(15-19)26-24(32-22)23(28)21(14-17-8-4-2-5-9-17)27-25(29)31-16-18-10-6-3-7-11-18/h2-13,15,21,23,28H,14,16H2,1H3,(H,27,29). The Morgan fingerprint density at radius 2 is 1.72 bits per heavy atom. The topological polar surface area (TPSA) is 93.8 Å². The normalized spacial score (nSPS) is 12.8. The van der Waals surface area contributed by atoms with E-state index in [1.54, 1.807) is 25.3 Å². The summed E-state index contributed by atoms with van der Waals surface area (Å²) in [5, 5.41) is 13.8. The minimum absolute atomic E-state index is 0.109. The third kappa shape index (κ3) is 5.25. The molecule has 0 fully saturated rings. The van der Waals surface area contributed by atoms with Crippen molar-refractivity contribution in [2.24, 2.45) is 0 Å². The third-order valence-electron chi connectivity index (χ3n) is 5.06. The molecule has 0 spiro atoms. The molecule has 7 heteroatoms. The van der Waals surface area contributed by atoms with Crippen LogP contribution >= 0.6 is 0 Å². The highest BCUT2D eigenvalue weighted by Crippen LogP contribution is 2.26. The fourth-order valence-corrected chi connectivity index (χ4v) is 3.38. The molecule has 1 aromatic heterocycles. The molecule has 4 rings (SSSR count). The van der Waals surface area contributed by atoms with Crippen molar-refractivity contribution in [3.05, 3.63) is 95.9 Å². The summed E-state index contributed by atoms with van der Waals surface area (Å²) in [6.07, 6.45) is -1.45. The van der Waals surface area contributed by atoms with Crippen molar-refractivity contribution in [1.29, 1.82) is 0 Å². The first kappa shape index (κ1) is 21.4. The Morgan fingerprint density at radius 3 is 2.41 bits per heavy atom. The van der Waals surface area contributed by atoms with Crippen LogP contribution in [0.4, 0.5) is 4.79 Å². The fraction of sp³-hybridized carbons (Fsp3) is 0.200. The largest absolute Gasteiger partial charge is 0.497 e. The molecule has 0 aliphatic rings. The maximum absolute atomic E-state index is 12.5. The SMILES string of the molecule is COc1ccc2oc(C(O)C(Cc3ccccc3)NC(=O)OCc3ccccc3)nc2c1. The van der Waals surface area contributed by atoms with E-state index in [1.807, 2.05) is 60.7 Å². The van der Waals surface area contributed by atoms with E-state index in [0.717, 1.165) is 11.1 Å². The maximum Gasteiger partial charge on any atom is 0.407 e. The summed E-state index contributed by atoms with van der Waals surface area (Å²) in [5.74, 6) is 0.743. The van der Waals surface area contributed by atoms with Gasteiger partial charge < -0.3 is 24.3 Å². The van der Waals surface area contributed by atoms with E-state index < -0.39 is 18.2 Å². The van der Waals surface area contributed by atoms with Gasteiger partial charge in [0, 0.05) is 6.07 Å². The van der Waals surface area contributed by atoms with Gasteiger partial charge in [0.2, 0.25) is 5.89 Å². The third-order valence-corrected chi connectivity index (χ3v) is 5.06. The van der Waals surface area contributed by atoms with Crippen molar-refractivity contribution >= 4 is 17.2 Å². The van der Waals surface area contributed by atoms with Gasteiger partial charge >= 0.3 is 6.09 Å². The zero-order chi connectivity index (χ0) is 22.3. The first-order valence-electron chi connectivity index (χ1n) is 10.3. The number of fused-ring (bicyclic) bond motifs is 1. The second-order valence-corrected chi connectivity index (χ2v) is 7.33. The molecular formula is C25H24N2O5. The van der Waals surface area contributed by atoms with E-state index in [4.69, 9.17) is 13.9 Å². The average molecular weight is 432 g/mol. The predicted molar refractivity (Wildman–Crippen MR) is 119 cm³/mol. The van der Waals surface area contributed by atoms with Crippen molar-refractivity contribution < 1.29 is 23.8 Å². The number of nitrogens with one attached hydrogen (secondary N) is 1. The number of ether oxygens (including phenoxy) is 2. The summed E-state index contributed by atoms with van der Waals surface area (Å²) in [7, 11) is 1.57. The first-order chi connectivity index (χ1) is 15.6. The van der Waals surface area contributed by atoms with Crippen LogP contribution in [0.25, 0.3) is 11.1 Å². The van der Waals surface area contributed by atoms with Gasteiger partial charge in [0.05, 0.1) is 13.2 Å². The van der Waals surface area contributed by atoms with Gasteiger partial charge in [-0.1, -0.05) is 60.7 Å². The van der Waals surface area contributed by atoms with Crippen molar-refractivity contribution in [1.82, 2.24) is 10.3 Å². The Hall–Kier alpha value is -3.84. The zero-order valence-electron chi connectivity index (χ0n) is 17.6. The van der Waals surface area contributed by atoms with Gasteiger partial charge in [-0.2, -0.15) is 0 Å². The molecule has 4 aromatic rings. The van der Waals surface area contributed by atoms with Crippen molar-refractivity contribution in [2.75, 3.05) is 7.11 Å². The molecule has 1 amide bonds. The Bertz CT molecular complexity index is 1160. The summed E-state index contributed by atoms with van der Waals surface area (Å²) in [4.78, 5) is 16.9. The molecule has 0 bridgehead atoms. The lowest BCUT2D eigenvalue weighted by Gasteiger charge is -2.22. The quantitative estimate of drug-likeness (QED) is 0.428. The summed E-state index contributed by atoms with van der Waals surface area (Å²) >= 11 is 0. The number of hydrogen-bond acceptors (Lipinski definition) is 6.